The molecule has 0 spiro atoms. The molecule has 21 heavy (non-hydrogen) atoms. The van der Waals surface area contributed by atoms with Crippen molar-refractivity contribution in [1.82, 2.24) is 0 Å². The van der Waals surface area contributed by atoms with Gasteiger partial charge < -0.3 is 14.4 Å². The highest BCUT2D eigenvalue weighted by molar-refractivity contribution is 5.70. The minimum atomic E-state index is -0.854. The van der Waals surface area contributed by atoms with E-state index in [1.165, 1.54) is 19.1 Å². The summed E-state index contributed by atoms with van der Waals surface area (Å²) in [5.41, 5.74) is -0.386. The molecule has 0 aromatic heterocycles. The van der Waals surface area contributed by atoms with Crippen LogP contribution in [0.3, 0.4) is 0 Å². The Morgan fingerprint density at radius 1 is 1.29 bits per heavy atom. The van der Waals surface area contributed by atoms with Gasteiger partial charge in [0.15, 0.2) is 11.6 Å². The lowest BCUT2D eigenvalue weighted by Gasteiger charge is -2.25. The average Bonchev–Trinajstić information content (AvgIpc) is 2.47. The van der Waals surface area contributed by atoms with Crippen LogP contribution in [0.25, 0.3) is 0 Å². The molecule has 0 aliphatic rings. The first-order chi connectivity index (χ1) is 10.0. The molecule has 5 nitrogen and oxygen atoms in total. The Morgan fingerprint density at radius 2 is 1.90 bits per heavy atom. The van der Waals surface area contributed by atoms with E-state index in [2.05, 4.69) is 4.74 Å². The first kappa shape index (κ1) is 16.9. The van der Waals surface area contributed by atoms with Crippen molar-refractivity contribution in [3.63, 3.8) is 0 Å². The molecule has 0 bridgehead atoms. The molecule has 0 saturated heterocycles. The Balaban J connectivity index is 3.02. The van der Waals surface area contributed by atoms with Crippen molar-refractivity contribution in [2.45, 2.75) is 6.42 Å². The van der Waals surface area contributed by atoms with Gasteiger partial charge >= 0.3 is 5.97 Å². The van der Waals surface area contributed by atoms with Crippen LogP contribution in [0.2, 0.25) is 0 Å². The normalized spacial score (nSPS) is 10.0. The van der Waals surface area contributed by atoms with Gasteiger partial charge in [-0.25, -0.2) is 8.78 Å². The smallest absolute Gasteiger partial charge is 0.307 e. The molecule has 0 atom stereocenters. The number of esters is 1. The molecule has 0 amide bonds. The molecule has 0 radical (unpaired) electrons. The summed E-state index contributed by atoms with van der Waals surface area (Å²) >= 11 is 0. The second-order valence-electron chi connectivity index (χ2n) is 4.21. The van der Waals surface area contributed by atoms with E-state index in [9.17, 15) is 13.6 Å². The topological polar surface area (TPSA) is 62.6 Å². The number of hydrogen-bond acceptors (Lipinski definition) is 5. The van der Waals surface area contributed by atoms with E-state index < -0.39 is 17.6 Å². The van der Waals surface area contributed by atoms with Crippen molar-refractivity contribution >= 4 is 11.7 Å². The van der Waals surface area contributed by atoms with Gasteiger partial charge in [0.2, 0.25) is 0 Å². The van der Waals surface area contributed by atoms with Crippen molar-refractivity contribution in [2.75, 3.05) is 38.8 Å². The zero-order valence-electron chi connectivity index (χ0n) is 11.9. The van der Waals surface area contributed by atoms with E-state index in [1.54, 1.807) is 6.07 Å². The van der Waals surface area contributed by atoms with Gasteiger partial charge in [0.25, 0.3) is 0 Å². The van der Waals surface area contributed by atoms with Gasteiger partial charge in [0, 0.05) is 20.2 Å². The van der Waals surface area contributed by atoms with Crippen LogP contribution in [0, 0.1) is 23.0 Å². The van der Waals surface area contributed by atoms with E-state index in [1.807, 2.05) is 0 Å². The number of carbonyl (C=O) groups is 1. The highest BCUT2D eigenvalue weighted by Gasteiger charge is 2.19. The van der Waals surface area contributed by atoms with E-state index in [0.29, 0.717) is 0 Å². The summed E-state index contributed by atoms with van der Waals surface area (Å²) in [5, 5.41) is 8.69. The van der Waals surface area contributed by atoms with Crippen LogP contribution in [0.5, 0.6) is 0 Å². The van der Waals surface area contributed by atoms with Gasteiger partial charge in [0.05, 0.1) is 31.8 Å². The number of methoxy groups -OCH3 is 2. The number of ether oxygens (including phenoxy) is 2. The summed E-state index contributed by atoms with van der Waals surface area (Å²) in [6.45, 7) is 0.517. The molecule has 0 aliphatic heterocycles. The maximum absolute atomic E-state index is 14.0. The van der Waals surface area contributed by atoms with Crippen molar-refractivity contribution in [2.24, 2.45) is 0 Å². The van der Waals surface area contributed by atoms with Gasteiger partial charge in [-0.3, -0.25) is 4.79 Å². The zero-order chi connectivity index (χ0) is 15.8. The second kappa shape index (κ2) is 8.17. The quantitative estimate of drug-likeness (QED) is 0.719. The van der Waals surface area contributed by atoms with Gasteiger partial charge in [-0.1, -0.05) is 0 Å². The Hall–Kier alpha value is -2.20. The van der Waals surface area contributed by atoms with Crippen molar-refractivity contribution in [3.8, 4) is 6.07 Å². The van der Waals surface area contributed by atoms with E-state index >= 15 is 0 Å². The largest absolute Gasteiger partial charge is 0.469 e. The molecule has 1 rings (SSSR count). The molecule has 0 N–H and O–H groups in total. The van der Waals surface area contributed by atoms with Crippen LogP contribution in [0.4, 0.5) is 14.5 Å². The van der Waals surface area contributed by atoms with Crippen molar-refractivity contribution in [1.29, 1.82) is 5.26 Å². The number of hydrogen-bond donors (Lipinski definition) is 0. The van der Waals surface area contributed by atoms with Crippen LogP contribution in [0.1, 0.15) is 12.0 Å². The number of rotatable bonds is 7. The molecular formula is C14H16F2N2O3. The minimum Gasteiger partial charge on any atom is -0.469 e. The third-order valence-electron chi connectivity index (χ3n) is 2.84. The molecule has 0 fully saturated rings. The Bertz CT molecular complexity index is 521. The lowest BCUT2D eigenvalue weighted by Crippen LogP contribution is -2.31. The van der Waals surface area contributed by atoms with Crippen LogP contribution < -0.4 is 4.90 Å². The Labute approximate surface area is 121 Å². The zero-order valence-corrected chi connectivity index (χ0v) is 11.9. The van der Waals surface area contributed by atoms with Gasteiger partial charge in [0.1, 0.15) is 5.69 Å². The van der Waals surface area contributed by atoms with Crippen molar-refractivity contribution in [3.05, 3.63) is 29.3 Å². The standard InChI is InChI=1S/C14H16F2N2O3/c1-20-6-5-18(4-3-13(19)21-2)14-11(15)7-10(9-17)8-12(14)16/h7-8H,3-6H2,1-2H3. The lowest BCUT2D eigenvalue weighted by atomic mass is 10.1. The molecule has 0 aliphatic carbocycles. The molecule has 1 aromatic carbocycles. The third kappa shape index (κ3) is 4.68. The average molecular weight is 298 g/mol. The predicted octanol–water partition coefficient (Wildman–Crippen LogP) is 1.85. The summed E-state index contributed by atoms with van der Waals surface area (Å²) in [4.78, 5) is 12.5. The van der Waals surface area contributed by atoms with Crippen LogP contribution in [0.15, 0.2) is 12.1 Å². The highest BCUT2D eigenvalue weighted by Crippen LogP contribution is 2.25. The van der Waals surface area contributed by atoms with Crippen LogP contribution in [-0.4, -0.2) is 39.9 Å². The van der Waals surface area contributed by atoms with Crippen LogP contribution in [-0.2, 0) is 14.3 Å². The molecule has 114 valence electrons. The predicted molar refractivity (Wildman–Crippen MR) is 71.8 cm³/mol. The summed E-state index contributed by atoms with van der Waals surface area (Å²) in [5.74, 6) is -2.19. The number of nitriles is 1. The SMILES string of the molecule is COCCN(CCC(=O)OC)c1c(F)cc(C#N)cc1F. The summed E-state index contributed by atoms with van der Waals surface area (Å²) in [7, 11) is 2.70. The maximum Gasteiger partial charge on any atom is 0.307 e. The summed E-state index contributed by atoms with van der Waals surface area (Å²) < 4.78 is 37.4. The fraction of sp³-hybridized carbons (Fsp3) is 0.429. The lowest BCUT2D eigenvalue weighted by molar-refractivity contribution is -0.140. The summed E-state index contributed by atoms with van der Waals surface area (Å²) in [6, 6.07) is 3.59. The first-order valence-electron chi connectivity index (χ1n) is 6.23. The number of nitrogens with zero attached hydrogens (tertiary/aromatic N) is 2. The van der Waals surface area contributed by atoms with E-state index in [0.717, 1.165) is 12.1 Å². The molecule has 7 heteroatoms. The van der Waals surface area contributed by atoms with Crippen LogP contribution >= 0.6 is 0 Å². The fourth-order valence-electron chi connectivity index (χ4n) is 1.80. The van der Waals surface area contributed by atoms with E-state index in [-0.39, 0.29) is 37.4 Å². The summed E-state index contributed by atoms with van der Waals surface area (Å²) in [6.07, 6.45) is -0.0148. The highest BCUT2D eigenvalue weighted by atomic mass is 19.1. The first-order valence-corrected chi connectivity index (χ1v) is 6.23. The van der Waals surface area contributed by atoms with Gasteiger partial charge in [-0.05, 0) is 12.1 Å². The molecule has 0 heterocycles. The van der Waals surface area contributed by atoms with Crippen molar-refractivity contribution < 1.29 is 23.0 Å². The fourth-order valence-corrected chi connectivity index (χ4v) is 1.80. The Kier molecular flexibility index (Phi) is 6.56. The third-order valence-corrected chi connectivity index (χ3v) is 2.84. The molecule has 1 aromatic rings. The second-order valence-corrected chi connectivity index (χ2v) is 4.21. The molecular weight excluding hydrogens is 282 g/mol. The minimum absolute atomic E-state index is 0.0148. The van der Waals surface area contributed by atoms with E-state index in [4.69, 9.17) is 10.00 Å². The number of carbonyl (C=O) groups excluding carboxylic acids is 1. The maximum atomic E-state index is 14.0. The number of halogens is 2. The number of anilines is 1. The Morgan fingerprint density at radius 3 is 2.38 bits per heavy atom. The molecule has 0 unspecified atom stereocenters. The molecule has 0 saturated carbocycles. The number of benzene rings is 1. The van der Waals surface area contributed by atoms with Gasteiger partial charge in [-0.2, -0.15) is 5.26 Å². The monoisotopic (exact) mass is 298 g/mol. The van der Waals surface area contributed by atoms with Gasteiger partial charge in [-0.15, -0.1) is 0 Å².